The number of hydrogen-bond donors (Lipinski definition) is 1. The average Bonchev–Trinajstić information content (AvgIpc) is 2.76. The van der Waals surface area contributed by atoms with Crippen molar-refractivity contribution in [2.75, 3.05) is 13.7 Å². The molecule has 1 atom stereocenters. The minimum atomic E-state index is 0.0182. The number of methoxy groups -OCH3 is 1. The molecule has 1 aromatic heterocycles. The molecule has 108 valence electrons. The molecule has 0 saturated carbocycles. The average molecular weight is 294 g/mol. The van der Waals surface area contributed by atoms with Crippen LogP contribution in [0.15, 0.2) is 24.4 Å². The fourth-order valence-corrected chi connectivity index (χ4v) is 2.68. The van der Waals surface area contributed by atoms with E-state index in [1.54, 1.807) is 13.3 Å². The van der Waals surface area contributed by atoms with Crippen molar-refractivity contribution < 1.29 is 4.74 Å². The normalized spacial score (nSPS) is 12.4. The summed E-state index contributed by atoms with van der Waals surface area (Å²) in [5, 5.41) is 8.36. The van der Waals surface area contributed by atoms with Gasteiger partial charge in [0.2, 0.25) is 0 Å². The second kappa shape index (κ2) is 6.29. The number of benzene rings is 1. The van der Waals surface area contributed by atoms with Crippen LogP contribution in [0.2, 0.25) is 5.02 Å². The van der Waals surface area contributed by atoms with Gasteiger partial charge in [0.1, 0.15) is 5.75 Å². The quantitative estimate of drug-likeness (QED) is 0.921. The highest BCUT2D eigenvalue weighted by Gasteiger charge is 2.20. The standard InChI is InChI=1S/C15H20ClN3O/c1-5-17-14(15-12(16)9-18-19(15)3)11-6-7-13(20-4)10(2)8-11/h6-9,14,17H,5H2,1-4H3. The Bertz CT molecular complexity index is 575. The molecule has 0 aliphatic rings. The number of aromatic nitrogens is 2. The van der Waals surface area contributed by atoms with Gasteiger partial charge < -0.3 is 10.1 Å². The maximum atomic E-state index is 6.28. The van der Waals surface area contributed by atoms with Crippen LogP contribution in [0.3, 0.4) is 0 Å². The van der Waals surface area contributed by atoms with Gasteiger partial charge in [-0.15, -0.1) is 0 Å². The van der Waals surface area contributed by atoms with Gasteiger partial charge >= 0.3 is 0 Å². The summed E-state index contributed by atoms with van der Waals surface area (Å²) in [6.07, 6.45) is 1.68. The van der Waals surface area contributed by atoms with Crippen LogP contribution in [0, 0.1) is 6.92 Å². The van der Waals surface area contributed by atoms with Crippen LogP contribution >= 0.6 is 11.6 Å². The van der Waals surface area contributed by atoms with Crippen LogP contribution < -0.4 is 10.1 Å². The van der Waals surface area contributed by atoms with Gasteiger partial charge in [-0.3, -0.25) is 4.68 Å². The van der Waals surface area contributed by atoms with Crippen LogP contribution in [-0.4, -0.2) is 23.4 Å². The van der Waals surface area contributed by atoms with E-state index in [1.165, 1.54) is 0 Å². The zero-order chi connectivity index (χ0) is 14.7. The van der Waals surface area contributed by atoms with Crippen molar-refractivity contribution >= 4 is 11.6 Å². The third kappa shape index (κ3) is 2.81. The predicted octanol–water partition coefficient (Wildman–Crippen LogP) is 3.09. The lowest BCUT2D eigenvalue weighted by Crippen LogP contribution is -2.24. The topological polar surface area (TPSA) is 39.1 Å². The molecule has 1 aromatic carbocycles. The minimum Gasteiger partial charge on any atom is -0.496 e. The molecular formula is C15H20ClN3O. The van der Waals surface area contributed by atoms with Crippen molar-refractivity contribution in [2.45, 2.75) is 19.9 Å². The number of nitrogens with one attached hydrogen (secondary N) is 1. The number of ether oxygens (including phenoxy) is 1. The maximum Gasteiger partial charge on any atom is 0.121 e. The number of halogens is 1. The zero-order valence-corrected chi connectivity index (χ0v) is 13.0. The monoisotopic (exact) mass is 293 g/mol. The second-order valence-corrected chi connectivity index (χ2v) is 5.13. The van der Waals surface area contributed by atoms with Gasteiger partial charge in [-0.05, 0) is 30.7 Å². The van der Waals surface area contributed by atoms with E-state index in [1.807, 2.05) is 24.7 Å². The molecule has 4 nitrogen and oxygen atoms in total. The molecule has 5 heteroatoms. The van der Waals surface area contributed by atoms with E-state index in [4.69, 9.17) is 16.3 Å². The van der Waals surface area contributed by atoms with Gasteiger partial charge in [-0.25, -0.2) is 0 Å². The predicted molar refractivity (Wildman–Crippen MR) is 81.5 cm³/mol. The van der Waals surface area contributed by atoms with Gasteiger partial charge in [0.05, 0.1) is 30.1 Å². The lowest BCUT2D eigenvalue weighted by molar-refractivity contribution is 0.411. The first kappa shape index (κ1) is 14.9. The molecule has 0 bridgehead atoms. The molecular weight excluding hydrogens is 274 g/mol. The van der Waals surface area contributed by atoms with Crippen LogP contribution in [-0.2, 0) is 7.05 Å². The van der Waals surface area contributed by atoms with Crippen molar-refractivity contribution in [1.82, 2.24) is 15.1 Å². The Morgan fingerprint density at radius 2 is 2.20 bits per heavy atom. The Morgan fingerprint density at radius 3 is 2.70 bits per heavy atom. The Kier molecular flexibility index (Phi) is 4.68. The third-order valence-corrected chi connectivity index (χ3v) is 3.66. The van der Waals surface area contributed by atoms with Crippen LogP contribution in [0.25, 0.3) is 0 Å². The first-order valence-electron chi connectivity index (χ1n) is 6.63. The summed E-state index contributed by atoms with van der Waals surface area (Å²) in [6.45, 7) is 4.96. The molecule has 0 aliphatic heterocycles. The zero-order valence-electron chi connectivity index (χ0n) is 12.3. The number of aryl methyl sites for hydroxylation is 2. The van der Waals surface area contributed by atoms with Crippen molar-refractivity contribution in [3.8, 4) is 5.75 Å². The fourth-order valence-electron chi connectivity index (χ4n) is 2.40. The molecule has 0 amide bonds. The number of rotatable bonds is 5. The first-order chi connectivity index (χ1) is 9.58. The molecule has 2 rings (SSSR count). The molecule has 1 heterocycles. The molecule has 0 aliphatic carbocycles. The molecule has 20 heavy (non-hydrogen) atoms. The van der Waals surface area contributed by atoms with E-state index in [0.717, 1.165) is 29.1 Å². The summed E-state index contributed by atoms with van der Waals surface area (Å²) in [6, 6.07) is 6.18. The van der Waals surface area contributed by atoms with Gasteiger partial charge in [-0.1, -0.05) is 30.7 Å². The highest BCUT2D eigenvalue weighted by atomic mass is 35.5. The summed E-state index contributed by atoms with van der Waals surface area (Å²) in [5.41, 5.74) is 3.22. The SMILES string of the molecule is CCNC(c1ccc(OC)c(C)c1)c1c(Cl)cnn1C. The number of hydrogen-bond acceptors (Lipinski definition) is 3. The second-order valence-electron chi connectivity index (χ2n) is 4.72. The molecule has 1 unspecified atom stereocenters. The largest absolute Gasteiger partial charge is 0.496 e. The molecule has 0 radical (unpaired) electrons. The lowest BCUT2D eigenvalue weighted by atomic mass is 10.0. The molecule has 0 saturated heterocycles. The van der Waals surface area contributed by atoms with E-state index < -0.39 is 0 Å². The molecule has 2 aromatic rings. The van der Waals surface area contributed by atoms with Gasteiger partial charge in [0.25, 0.3) is 0 Å². The fraction of sp³-hybridized carbons (Fsp3) is 0.400. The Balaban J connectivity index is 2.46. The lowest BCUT2D eigenvalue weighted by Gasteiger charge is -2.20. The summed E-state index contributed by atoms with van der Waals surface area (Å²) >= 11 is 6.28. The van der Waals surface area contributed by atoms with Crippen molar-refractivity contribution in [1.29, 1.82) is 0 Å². The maximum absolute atomic E-state index is 6.28. The third-order valence-electron chi connectivity index (χ3n) is 3.37. The van der Waals surface area contributed by atoms with Gasteiger partial charge in [-0.2, -0.15) is 5.10 Å². The highest BCUT2D eigenvalue weighted by molar-refractivity contribution is 6.31. The van der Waals surface area contributed by atoms with Crippen molar-refractivity contribution in [3.05, 3.63) is 46.2 Å². The van der Waals surface area contributed by atoms with Crippen LogP contribution in [0.1, 0.15) is 29.8 Å². The molecule has 1 N–H and O–H groups in total. The van der Waals surface area contributed by atoms with E-state index >= 15 is 0 Å². The van der Waals surface area contributed by atoms with Crippen LogP contribution in [0.5, 0.6) is 5.75 Å². The van der Waals surface area contributed by atoms with E-state index in [-0.39, 0.29) is 6.04 Å². The molecule has 0 fully saturated rings. The van der Waals surface area contributed by atoms with Gasteiger partial charge in [0.15, 0.2) is 0 Å². The van der Waals surface area contributed by atoms with Crippen molar-refractivity contribution in [2.24, 2.45) is 7.05 Å². The summed E-state index contributed by atoms with van der Waals surface area (Å²) in [4.78, 5) is 0. The summed E-state index contributed by atoms with van der Waals surface area (Å²) in [5.74, 6) is 0.889. The summed E-state index contributed by atoms with van der Waals surface area (Å²) < 4.78 is 7.13. The van der Waals surface area contributed by atoms with Gasteiger partial charge in [0, 0.05) is 7.05 Å². The Labute approximate surface area is 124 Å². The Morgan fingerprint density at radius 1 is 1.45 bits per heavy atom. The van der Waals surface area contributed by atoms with E-state index in [9.17, 15) is 0 Å². The minimum absolute atomic E-state index is 0.0182. The first-order valence-corrected chi connectivity index (χ1v) is 7.01. The summed E-state index contributed by atoms with van der Waals surface area (Å²) in [7, 11) is 3.59. The Hall–Kier alpha value is -1.52. The highest BCUT2D eigenvalue weighted by Crippen LogP contribution is 2.30. The van der Waals surface area contributed by atoms with Crippen LogP contribution in [0.4, 0.5) is 0 Å². The van der Waals surface area contributed by atoms with E-state index in [0.29, 0.717) is 5.02 Å². The number of nitrogens with zero attached hydrogens (tertiary/aromatic N) is 2. The molecule has 0 spiro atoms. The van der Waals surface area contributed by atoms with E-state index in [2.05, 4.69) is 29.5 Å². The van der Waals surface area contributed by atoms with Crippen molar-refractivity contribution in [3.63, 3.8) is 0 Å². The smallest absolute Gasteiger partial charge is 0.121 e.